The largest absolute Gasteiger partial charge is 0.342 e. The number of benzene rings is 1. The molecule has 0 aliphatic carbocycles. The highest BCUT2D eigenvalue weighted by Gasteiger charge is 2.08. The molecule has 100 valence electrons. The summed E-state index contributed by atoms with van der Waals surface area (Å²) >= 11 is 5.69. The molecule has 1 amide bonds. The minimum Gasteiger partial charge on any atom is -0.342 e. The highest BCUT2D eigenvalue weighted by molar-refractivity contribution is 6.29. The predicted molar refractivity (Wildman–Crippen MR) is 78.0 cm³/mol. The number of carbonyl (C=O) groups is 1. The van der Waals surface area contributed by atoms with Gasteiger partial charge >= 0.3 is 0 Å². The second kappa shape index (κ2) is 4.94. The van der Waals surface area contributed by atoms with E-state index in [1.54, 1.807) is 12.1 Å². The number of rotatable bonds is 2. The first kappa shape index (κ1) is 12.6. The van der Waals surface area contributed by atoms with Crippen molar-refractivity contribution < 1.29 is 4.79 Å². The van der Waals surface area contributed by atoms with Gasteiger partial charge in [0, 0.05) is 11.9 Å². The maximum Gasteiger partial charge on any atom is 0.257 e. The number of pyridine rings is 1. The van der Waals surface area contributed by atoms with Crippen molar-refractivity contribution in [1.29, 1.82) is 0 Å². The summed E-state index contributed by atoms with van der Waals surface area (Å²) in [5, 5.41) is 3.17. The smallest absolute Gasteiger partial charge is 0.257 e. The molecule has 0 unspecified atom stereocenters. The van der Waals surface area contributed by atoms with Crippen LogP contribution in [0.2, 0.25) is 5.15 Å². The van der Waals surface area contributed by atoms with E-state index in [1.165, 1.54) is 6.20 Å². The van der Waals surface area contributed by atoms with E-state index in [-0.39, 0.29) is 5.91 Å². The van der Waals surface area contributed by atoms with Gasteiger partial charge in [0.15, 0.2) is 0 Å². The van der Waals surface area contributed by atoms with Gasteiger partial charge in [0.25, 0.3) is 5.91 Å². The van der Waals surface area contributed by atoms with Gasteiger partial charge in [-0.2, -0.15) is 0 Å². The highest BCUT2D eigenvalue weighted by atomic mass is 35.5. The lowest BCUT2D eigenvalue weighted by Gasteiger charge is -2.04. The average molecular weight is 287 g/mol. The predicted octanol–water partition coefficient (Wildman–Crippen LogP) is 3.17. The summed E-state index contributed by atoms with van der Waals surface area (Å²) in [6.07, 6.45) is 1.44. The Hall–Kier alpha value is -2.40. The number of hydrogen-bond acceptors (Lipinski definition) is 3. The SMILES string of the molecule is Cc1nc2ccc(NC(=O)c3ccc(Cl)nc3)cc2[nH]1. The van der Waals surface area contributed by atoms with Crippen molar-refractivity contribution in [1.82, 2.24) is 15.0 Å². The number of H-pyrrole nitrogens is 1. The van der Waals surface area contributed by atoms with Crippen LogP contribution < -0.4 is 5.32 Å². The van der Waals surface area contributed by atoms with Crippen molar-refractivity contribution in [2.24, 2.45) is 0 Å². The molecule has 0 fully saturated rings. The Morgan fingerprint density at radius 3 is 2.90 bits per heavy atom. The average Bonchev–Trinajstić information content (AvgIpc) is 2.78. The molecular formula is C14H11ClN4O. The number of nitrogens with zero attached hydrogens (tertiary/aromatic N) is 2. The normalized spacial score (nSPS) is 10.7. The third-order valence-corrected chi connectivity index (χ3v) is 3.07. The lowest BCUT2D eigenvalue weighted by molar-refractivity contribution is 0.102. The van der Waals surface area contributed by atoms with Crippen molar-refractivity contribution >= 4 is 34.2 Å². The van der Waals surface area contributed by atoms with Gasteiger partial charge in [-0.3, -0.25) is 4.79 Å². The van der Waals surface area contributed by atoms with Crippen molar-refractivity contribution in [3.63, 3.8) is 0 Å². The maximum absolute atomic E-state index is 12.0. The second-order valence-electron chi connectivity index (χ2n) is 4.38. The Morgan fingerprint density at radius 2 is 2.15 bits per heavy atom. The van der Waals surface area contributed by atoms with E-state index in [4.69, 9.17) is 11.6 Å². The highest BCUT2D eigenvalue weighted by Crippen LogP contribution is 2.18. The topological polar surface area (TPSA) is 70.7 Å². The number of hydrogen-bond donors (Lipinski definition) is 2. The van der Waals surface area contributed by atoms with Crippen molar-refractivity contribution in [3.05, 3.63) is 53.1 Å². The molecule has 3 rings (SSSR count). The molecule has 0 atom stereocenters. The maximum atomic E-state index is 12.0. The number of halogens is 1. The summed E-state index contributed by atoms with van der Waals surface area (Å²) < 4.78 is 0. The third kappa shape index (κ3) is 2.48. The van der Waals surface area contributed by atoms with Crippen LogP contribution >= 0.6 is 11.6 Å². The van der Waals surface area contributed by atoms with Crippen LogP contribution in [0, 0.1) is 6.92 Å². The van der Waals surface area contributed by atoms with Gasteiger partial charge in [-0.05, 0) is 37.3 Å². The van der Waals surface area contributed by atoms with Crippen LogP contribution in [0.5, 0.6) is 0 Å². The molecular weight excluding hydrogens is 276 g/mol. The van der Waals surface area contributed by atoms with Crippen molar-refractivity contribution in [2.45, 2.75) is 6.92 Å². The van der Waals surface area contributed by atoms with Crippen molar-refractivity contribution in [3.8, 4) is 0 Å². The van der Waals surface area contributed by atoms with Crippen LogP contribution in [0.3, 0.4) is 0 Å². The summed E-state index contributed by atoms with van der Waals surface area (Å²) in [5.41, 5.74) is 2.90. The zero-order valence-electron chi connectivity index (χ0n) is 10.6. The Morgan fingerprint density at radius 1 is 1.30 bits per heavy atom. The van der Waals surface area contributed by atoms with Crippen LogP contribution in [0.15, 0.2) is 36.5 Å². The van der Waals surface area contributed by atoms with Gasteiger partial charge in [-0.15, -0.1) is 0 Å². The van der Waals surface area contributed by atoms with Gasteiger partial charge in [0.2, 0.25) is 0 Å². The van der Waals surface area contributed by atoms with Crippen LogP contribution in [0.4, 0.5) is 5.69 Å². The van der Waals surface area contributed by atoms with Gasteiger partial charge in [0.1, 0.15) is 11.0 Å². The zero-order chi connectivity index (χ0) is 14.1. The number of aromatic nitrogens is 3. The fraction of sp³-hybridized carbons (Fsp3) is 0.0714. The first-order valence-electron chi connectivity index (χ1n) is 6.01. The van der Waals surface area contributed by atoms with Crippen LogP contribution in [0.1, 0.15) is 16.2 Å². The van der Waals surface area contributed by atoms with E-state index in [1.807, 2.05) is 25.1 Å². The van der Waals surface area contributed by atoms with E-state index in [0.717, 1.165) is 16.9 Å². The number of imidazole rings is 1. The van der Waals surface area contributed by atoms with Gasteiger partial charge in [-0.25, -0.2) is 9.97 Å². The first-order valence-corrected chi connectivity index (χ1v) is 6.39. The molecule has 20 heavy (non-hydrogen) atoms. The number of fused-ring (bicyclic) bond motifs is 1. The number of aromatic amines is 1. The molecule has 5 nitrogen and oxygen atoms in total. The Bertz CT molecular complexity index is 779. The molecule has 2 heterocycles. The minimum atomic E-state index is -0.232. The number of nitrogens with one attached hydrogen (secondary N) is 2. The molecule has 1 aromatic carbocycles. The van der Waals surface area contributed by atoms with E-state index in [2.05, 4.69) is 20.3 Å². The summed E-state index contributed by atoms with van der Waals surface area (Å²) in [5.74, 6) is 0.607. The lowest BCUT2D eigenvalue weighted by atomic mass is 10.2. The molecule has 0 aliphatic heterocycles. The minimum absolute atomic E-state index is 0.232. The van der Waals surface area contributed by atoms with E-state index >= 15 is 0 Å². The monoisotopic (exact) mass is 286 g/mol. The third-order valence-electron chi connectivity index (χ3n) is 2.85. The number of amides is 1. The Balaban J connectivity index is 1.84. The first-order chi connectivity index (χ1) is 9.61. The summed E-state index contributed by atoms with van der Waals surface area (Å²) in [4.78, 5) is 23.4. The summed E-state index contributed by atoms with van der Waals surface area (Å²) in [7, 11) is 0. The fourth-order valence-electron chi connectivity index (χ4n) is 1.93. The molecule has 6 heteroatoms. The molecule has 3 aromatic rings. The number of aryl methyl sites for hydroxylation is 1. The summed E-state index contributed by atoms with van der Waals surface area (Å²) in [6, 6.07) is 8.72. The van der Waals surface area contributed by atoms with Crippen LogP contribution in [-0.2, 0) is 0 Å². The van der Waals surface area contributed by atoms with Gasteiger partial charge in [-0.1, -0.05) is 11.6 Å². The fourth-order valence-corrected chi connectivity index (χ4v) is 2.04. The number of anilines is 1. The molecule has 0 saturated carbocycles. The molecule has 0 spiro atoms. The van der Waals surface area contributed by atoms with E-state index in [9.17, 15) is 4.79 Å². The van der Waals surface area contributed by atoms with Gasteiger partial charge < -0.3 is 10.3 Å². The van der Waals surface area contributed by atoms with E-state index in [0.29, 0.717) is 16.4 Å². The lowest BCUT2D eigenvalue weighted by Crippen LogP contribution is -2.11. The molecule has 0 radical (unpaired) electrons. The molecule has 0 bridgehead atoms. The zero-order valence-corrected chi connectivity index (χ0v) is 11.4. The van der Waals surface area contributed by atoms with Crippen LogP contribution in [0.25, 0.3) is 11.0 Å². The molecule has 0 aliphatic rings. The molecule has 2 N–H and O–H groups in total. The van der Waals surface area contributed by atoms with Crippen LogP contribution in [-0.4, -0.2) is 20.9 Å². The quantitative estimate of drug-likeness (QED) is 0.711. The Kier molecular flexibility index (Phi) is 3.12. The molecule has 0 saturated heterocycles. The van der Waals surface area contributed by atoms with E-state index < -0.39 is 0 Å². The molecule has 2 aromatic heterocycles. The standard InChI is InChI=1S/C14H11ClN4O/c1-8-17-11-4-3-10(6-12(11)18-8)19-14(20)9-2-5-13(15)16-7-9/h2-7H,1H3,(H,17,18)(H,19,20). The van der Waals surface area contributed by atoms with Gasteiger partial charge in [0.05, 0.1) is 16.6 Å². The van der Waals surface area contributed by atoms with Crippen molar-refractivity contribution in [2.75, 3.05) is 5.32 Å². The Labute approximate surface area is 120 Å². The number of carbonyl (C=O) groups excluding carboxylic acids is 1. The second-order valence-corrected chi connectivity index (χ2v) is 4.77. The summed E-state index contributed by atoms with van der Waals surface area (Å²) in [6.45, 7) is 1.89.